The van der Waals surface area contributed by atoms with E-state index in [0.717, 1.165) is 11.3 Å². The van der Waals surface area contributed by atoms with Crippen LogP contribution < -0.4 is 5.32 Å². The third kappa shape index (κ3) is 3.12. The van der Waals surface area contributed by atoms with Crippen molar-refractivity contribution in [3.8, 4) is 0 Å². The summed E-state index contributed by atoms with van der Waals surface area (Å²) in [6, 6.07) is 4.93. The summed E-state index contributed by atoms with van der Waals surface area (Å²) in [5.74, 6) is -0.421. The number of nitrogens with zero attached hydrogens (tertiary/aromatic N) is 2. The van der Waals surface area contributed by atoms with Crippen LogP contribution in [0.4, 0.5) is 10.1 Å². The lowest BCUT2D eigenvalue weighted by atomic mass is 9.89. The molecule has 1 aromatic carbocycles. The molecule has 0 aliphatic rings. The molecule has 0 spiro atoms. The minimum absolute atomic E-state index is 0.0504. The Morgan fingerprint density at radius 3 is 2.70 bits per heavy atom. The van der Waals surface area contributed by atoms with Crippen molar-refractivity contribution in [2.45, 2.75) is 32.7 Å². The van der Waals surface area contributed by atoms with E-state index in [1.54, 1.807) is 16.8 Å². The molecule has 1 aromatic heterocycles. The second kappa shape index (κ2) is 5.44. The van der Waals surface area contributed by atoms with Crippen LogP contribution in [0.3, 0.4) is 0 Å². The Morgan fingerprint density at radius 2 is 2.05 bits per heavy atom. The zero-order valence-electron chi connectivity index (χ0n) is 12.2. The van der Waals surface area contributed by atoms with Crippen molar-refractivity contribution in [2.75, 3.05) is 5.32 Å². The molecule has 0 bridgehead atoms. The number of hydrogen-bond donors (Lipinski definition) is 1. The molecule has 5 heteroatoms. The predicted octanol–water partition coefficient (Wildman–Crippen LogP) is 4.12. The summed E-state index contributed by atoms with van der Waals surface area (Å²) in [6.45, 7) is 6.84. The number of rotatable bonds is 3. The zero-order chi connectivity index (χ0) is 14.9. The van der Waals surface area contributed by atoms with Crippen LogP contribution in [0.2, 0.25) is 5.02 Å². The van der Waals surface area contributed by atoms with Crippen LogP contribution in [-0.4, -0.2) is 9.78 Å². The van der Waals surface area contributed by atoms with E-state index in [9.17, 15) is 4.39 Å². The molecule has 0 radical (unpaired) electrons. The van der Waals surface area contributed by atoms with E-state index in [4.69, 9.17) is 11.6 Å². The highest BCUT2D eigenvalue weighted by Gasteiger charge is 2.21. The number of hydrogen-bond acceptors (Lipinski definition) is 2. The van der Waals surface area contributed by atoms with Crippen LogP contribution in [0.1, 0.15) is 32.0 Å². The first-order valence-electron chi connectivity index (χ1n) is 6.50. The maximum absolute atomic E-state index is 13.8. The third-order valence-corrected chi connectivity index (χ3v) is 3.33. The molecule has 1 heterocycles. The topological polar surface area (TPSA) is 29.9 Å². The maximum atomic E-state index is 13.8. The highest BCUT2D eigenvalue weighted by Crippen LogP contribution is 2.26. The number of aryl methyl sites for hydroxylation is 1. The van der Waals surface area contributed by atoms with E-state index in [0.29, 0.717) is 12.2 Å². The van der Waals surface area contributed by atoms with E-state index in [1.807, 2.05) is 13.2 Å². The summed E-state index contributed by atoms with van der Waals surface area (Å²) in [6.07, 6.45) is 1.95. The highest BCUT2D eigenvalue weighted by molar-refractivity contribution is 6.31. The maximum Gasteiger partial charge on any atom is 0.164 e. The van der Waals surface area contributed by atoms with Gasteiger partial charge in [-0.1, -0.05) is 38.4 Å². The van der Waals surface area contributed by atoms with Gasteiger partial charge in [-0.05, 0) is 12.1 Å². The molecular formula is C15H19ClFN3. The standard InChI is InChI=1S/C15H19ClFN3/c1-15(2,3)14-10(9-20(4)19-14)8-18-12-7-5-6-11(16)13(12)17/h5-7,9,18H,8H2,1-4H3. The first-order chi connectivity index (χ1) is 9.29. The van der Waals surface area contributed by atoms with Crippen LogP contribution in [0.5, 0.6) is 0 Å². The molecular weight excluding hydrogens is 277 g/mol. The highest BCUT2D eigenvalue weighted by atomic mass is 35.5. The molecule has 2 aromatic rings. The number of nitrogens with one attached hydrogen (secondary N) is 1. The Labute approximate surface area is 123 Å². The number of anilines is 1. The van der Waals surface area contributed by atoms with Gasteiger partial charge in [0.15, 0.2) is 5.82 Å². The molecule has 0 aliphatic carbocycles. The van der Waals surface area contributed by atoms with Crippen LogP contribution in [-0.2, 0) is 19.0 Å². The average molecular weight is 296 g/mol. The van der Waals surface area contributed by atoms with Crippen molar-refractivity contribution in [1.82, 2.24) is 9.78 Å². The van der Waals surface area contributed by atoms with Gasteiger partial charge in [-0.25, -0.2) is 4.39 Å². The predicted molar refractivity (Wildman–Crippen MR) is 80.6 cm³/mol. The van der Waals surface area contributed by atoms with Crippen LogP contribution in [0, 0.1) is 5.82 Å². The summed E-state index contributed by atoms with van der Waals surface area (Å²) in [7, 11) is 1.89. The minimum Gasteiger partial charge on any atom is -0.378 e. The molecule has 2 rings (SSSR count). The van der Waals surface area contributed by atoms with E-state index in [2.05, 4.69) is 31.2 Å². The average Bonchev–Trinajstić information content (AvgIpc) is 2.72. The third-order valence-electron chi connectivity index (χ3n) is 3.04. The summed E-state index contributed by atoms with van der Waals surface area (Å²) in [4.78, 5) is 0. The SMILES string of the molecule is Cn1cc(CNc2cccc(Cl)c2F)c(C(C)(C)C)n1. The largest absolute Gasteiger partial charge is 0.378 e. The zero-order valence-corrected chi connectivity index (χ0v) is 12.9. The Kier molecular flexibility index (Phi) is 4.04. The van der Waals surface area contributed by atoms with Gasteiger partial charge in [-0.2, -0.15) is 5.10 Å². The van der Waals surface area contributed by atoms with Gasteiger partial charge in [0.2, 0.25) is 0 Å². The van der Waals surface area contributed by atoms with Gasteiger partial charge in [-0.3, -0.25) is 4.68 Å². The fourth-order valence-electron chi connectivity index (χ4n) is 2.13. The van der Waals surface area contributed by atoms with Gasteiger partial charge in [0.25, 0.3) is 0 Å². The Balaban J connectivity index is 2.21. The second-order valence-corrected chi connectivity index (χ2v) is 6.29. The number of benzene rings is 1. The quantitative estimate of drug-likeness (QED) is 0.923. The van der Waals surface area contributed by atoms with Gasteiger partial charge in [0.05, 0.1) is 16.4 Å². The second-order valence-electron chi connectivity index (χ2n) is 5.88. The van der Waals surface area contributed by atoms with Gasteiger partial charge in [0, 0.05) is 30.8 Å². The van der Waals surface area contributed by atoms with Crippen LogP contribution in [0.15, 0.2) is 24.4 Å². The Morgan fingerprint density at radius 1 is 1.35 bits per heavy atom. The molecule has 0 aliphatic heterocycles. The van der Waals surface area contributed by atoms with Gasteiger partial charge in [0.1, 0.15) is 0 Å². The lowest BCUT2D eigenvalue weighted by Gasteiger charge is -2.18. The van der Waals surface area contributed by atoms with Crippen molar-refractivity contribution in [2.24, 2.45) is 7.05 Å². The van der Waals surface area contributed by atoms with Gasteiger partial charge < -0.3 is 5.32 Å². The summed E-state index contributed by atoms with van der Waals surface area (Å²) >= 11 is 5.77. The van der Waals surface area contributed by atoms with E-state index < -0.39 is 5.82 Å². The van der Waals surface area contributed by atoms with Crippen molar-refractivity contribution in [3.63, 3.8) is 0 Å². The van der Waals surface area contributed by atoms with Crippen molar-refractivity contribution in [3.05, 3.63) is 46.5 Å². The molecule has 0 atom stereocenters. The Bertz CT molecular complexity index is 614. The summed E-state index contributed by atoms with van der Waals surface area (Å²) in [5.41, 5.74) is 2.42. The fraction of sp³-hybridized carbons (Fsp3) is 0.400. The number of aromatic nitrogens is 2. The smallest absolute Gasteiger partial charge is 0.164 e. The monoisotopic (exact) mass is 295 g/mol. The molecule has 20 heavy (non-hydrogen) atoms. The molecule has 0 fully saturated rings. The molecule has 0 saturated carbocycles. The van der Waals surface area contributed by atoms with Crippen molar-refractivity contribution in [1.29, 1.82) is 0 Å². The molecule has 1 N–H and O–H groups in total. The fourth-order valence-corrected chi connectivity index (χ4v) is 2.30. The minimum atomic E-state index is -0.421. The molecule has 0 amide bonds. The van der Waals surface area contributed by atoms with Crippen LogP contribution >= 0.6 is 11.6 Å². The van der Waals surface area contributed by atoms with Crippen molar-refractivity contribution < 1.29 is 4.39 Å². The summed E-state index contributed by atoms with van der Waals surface area (Å²) in [5, 5.41) is 7.70. The number of halogens is 2. The molecule has 3 nitrogen and oxygen atoms in total. The van der Waals surface area contributed by atoms with Crippen LogP contribution in [0.25, 0.3) is 0 Å². The van der Waals surface area contributed by atoms with Crippen molar-refractivity contribution >= 4 is 17.3 Å². The Hall–Kier alpha value is -1.55. The molecule has 0 unspecified atom stereocenters. The molecule has 108 valence electrons. The lowest BCUT2D eigenvalue weighted by Crippen LogP contribution is -2.16. The van der Waals surface area contributed by atoms with Gasteiger partial charge in [-0.15, -0.1) is 0 Å². The summed E-state index contributed by atoms with van der Waals surface area (Å²) < 4.78 is 15.6. The first-order valence-corrected chi connectivity index (χ1v) is 6.87. The lowest BCUT2D eigenvalue weighted by molar-refractivity contribution is 0.549. The van der Waals surface area contributed by atoms with E-state index in [1.165, 1.54) is 6.07 Å². The molecule has 0 saturated heterocycles. The van der Waals surface area contributed by atoms with E-state index >= 15 is 0 Å². The normalized spacial score (nSPS) is 11.7. The van der Waals surface area contributed by atoms with E-state index in [-0.39, 0.29) is 10.4 Å². The van der Waals surface area contributed by atoms with Gasteiger partial charge >= 0.3 is 0 Å². The first kappa shape index (κ1) is 14.9.